The van der Waals surface area contributed by atoms with E-state index >= 15 is 0 Å². The molecule has 2 fully saturated rings. The van der Waals surface area contributed by atoms with E-state index in [0.717, 1.165) is 19.3 Å². The Hall–Kier alpha value is -1.93. The summed E-state index contributed by atoms with van der Waals surface area (Å²) in [5.41, 5.74) is 5.24. The number of esters is 1. The SMILES string of the molecule is C[C@H](OC(=O)c1cccc(S(=O)(=O)N2C[C@]3(C)C[C@@H]2CC(C)(C)C3)c1)C(N)=O. The second-order valence-corrected chi connectivity index (χ2v) is 11.1. The van der Waals surface area contributed by atoms with Gasteiger partial charge in [0.1, 0.15) is 0 Å². The van der Waals surface area contributed by atoms with Crippen LogP contribution in [-0.4, -0.2) is 43.3 Å². The molecule has 2 N–H and O–H groups in total. The van der Waals surface area contributed by atoms with Crippen molar-refractivity contribution >= 4 is 21.9 Å². The zero-order valence-electron chi connectivity index (χ0n) is 16.8. The van der Waals surface area contributed by atoms with Crippen molar-refractivity contribution in [1.82, 2.24) is 4.31 Å². The third kappa shape index (κ3) is 3.93. The second-order valence-electron chi connectivity index (χ2n) is 9.24. The summed E-state index contributed by atoms with van der Waals surface area (Å²) in [5, 5.41) is 0. The van der Waals surface area contributed by atoms with Gasteiger partial charge in [-0.15, -0.1) is 0 Å². The molecule has 0 unspecified atom stereocenters. The predicted octanol–water partition coefficient (Wildman–Crippen LogP) is 2.31. The number of benzene rings is 1. The molecule has 8 heteroatoms. The number of nitrogens with two attached hydrogens (primary N) is 1. The van der Waals surface area contributed by atoms with Gasteiger partial charge in [-0.25, -0.2) is 13.2 Å². The van der Waals surface area contributed by atoms with Crippen molar-refractivity contribution in [2.75, 3.05) is 6.54 Å². The summed E-state index contributed by atoms with van der Waals surface area (Å²) in [5.74, 6) is -1.55. The van der Waals surface area contributed by atoms with E-state index in [0.29, 0.717) is 6.54 Å². The standard InChI is InChI=1S/C20H28N2O5S/c1-13(17(21)23)27-18(24)14-6-5-7-16(8-14)28(25,26)22-12-20(4)10-15(22)9-19(2,3)11-20/h5-8,13,15H,9-12H2,1-4H3,(H2,21,23)/t13-,15-,20+/m0/s1. The zero-order chi connectivity index (χ0) is 20.9. The van der Waals surface area contributed by atoms with Crippen LogP contribution in [0.5, 0.6) is 0 Å². The maximum atomic E-state index is 13.3. The number of carbonyl (C=O) groups is 2. The molecular weight excluding hydrogens is 380 g/mol. The first-order valence-electron chi connectivity index (χ1n) is 9.45. The number of hydrogen-bond donors (Lipinski definition) is 1. The Morgan fingerprint density at radius 3 is 2.57 bits per heavy atom. The highest BCUT2D eigenvalue weighted by Crippen LogP contribution is 2.53. The molecule has 154 valence electrons. The zero-order valence-corrected chi connectivity index (χ0v) is 17.6. The van der Waals surface area contributed by atoms with Gasteiger partial charge in [-0.3, -0.25) is 4.79 Å². The quantitative estimate of drug-likeness (QED) is 0.753. The van der Waals surface area contributed by atoms with Crippen molar-refractivity contribution < 1.29 is 22.7 Å². The van der Waals surface area contributed by atoms with Gasteiger partial charge in [-0.2, -0.15) is 4.31 Å². The maximum Gasteiger partial charge on any atom is 0.338 e. The largest absolute Gasteiger partial charge is 0.449 e. The summed E-state index contributed by atoms with van der Waals surface area (Å²) >= 11 is 0. The molecule has 0 aromatic heterocycles. The molecule has 7 nitrogen and oxygen atoms in total. The molecule has 1 aliphatic carbocycles. The van der Waals surface area contributed by atoms with E-state index in [1.807, 2.05) is 0 Å². The van der Waals surface area contributed by atoms with Crippen LogP contribution in [0.4, 0.5) is 0 Å². The third-order valence-electron chi connectivity index (χ3n) is 5.73. The summed E-state index contributed by atoms with van der Waals surface area (Å²) in [6, 6.07) is 5.72. The van der Waals surface area contributed by atoms with Crippen LogP contribution in [0.25, 0.3) is 0 Å². The van der Waals surface area contributed by atoms with Crippen molar-refractivity contribution in [3.05, 3.63) is 29.8 Å². The van der Waals surface area contributed by atoms with E-state index < -0.39 is 28.0 Å². The van der Waals surface area contributed by atoms with Gasteiger partial charge < -0.3 is 10.5 Å². The molecule has 1 aromatic rings. The maximum absolute atomic E-state index is 13.3. The highest BCUT2D eigenvalue weighted by molar-refractivity contribution is 7.89. The number of rotatable bonds is 5. The first-order valence-corrected chi connectivity index (χ1v) is 10.9. The van der Waals surface area contributed by atoms with Gasteiger partial charge in [0.05, 0.1) is 10.5 Å². The van der Waals surface area contributed by atoms with Crippen molar-refractivity contribution in [1.29, 1.82) is 0 Å². The molecule has 2 bridgehead atoms. The van der Waals surface area contributed by atoms with Crippen molar-refractivity contribution in [2.24, 2.45) is 16.6 Å². The van der Waals surface area contributed by atoms with E-state index in [2.05, 4.69) is 20.8 Å². The van der Waals surface area contributed by atoms with E-state index in [1.165, 1.54) is 31.2 Å². The van der Waals surface area contributed by atoms with E-state index in [-0.39, 0.29) is 27.3 Å². The first kappa shape index (κ1) is 20.8. The first-order chi connectivity index (χ1) is 12.8. The molecule has 1 amide bonds. The van der Waals surface area contributed by atoms with Crippen LogP contribution in [0.1, 0.15) is 57.3 Å². The Kier molecular flexibility index (Phi) is 5.08. The average Bonchev–Trinajstić information content (AvgIpc) is 2.84. The summed E-state index contributed by atoms with van der Waals surface area (Å²) in [7, 11) is -3.75. The molecule has 1 heterocycles. The third-order valence-corrected chi connectivity index (χ3v) is 7.62. The Morgan fingerprint density at radius 2 is 1.93 bits per heavy atom. The lowest BCUT2D eigenvalue weighted by molar-refractivity contribution is -0.125. The molecule has 0 radical (unpaired) electrons. The predicted molar refractivity (Wildman–Crippen MR) is 104 cm³/mol. The van der Waals surface area contributed by atoms with Crippen LogP contribution in [0.2, 0.25) is 0 Å². The summed E-state index contributed by atoms with van der Waals surface area (Å²) in [6.07, 6.45) is 1.57. The smallest absolute Gasteiger partial charge is 0.338 e. The Balaban J connectivity index is 1.87. The monoisotopic (exact) mass is 408 g/mol. The molecule has 1 saturated heterocycles. The van der Waals surface area contributed by atoms with Crippen molar-refractivity contribution in [3.8, 4) is 0 Å². The van der Waals surface area contributed by atoms with Gasteiger partial charge >= 0.3 is 5.97 Å². The summed E-state index contributed by atoms with van der Waals surface area (Å²) in [6.45, 7) is 8.37. The van der Waals surface area contributed by atoms with Crippen molar-refractivity contribution in [3.63, 3.8) is 0 Å². The number of fused-ring (bicyclic) bond motifs is 2. The van der Waals surface area contributed by atoms with Gasteiger partial charge in [0.15, 0.2) is 6.10 Å². The molecule has 28 heavy (non-hydrogen) atoms. The average molecular weight is 409 g/mol. The Bertz CT molecular complexity index is 911. The minimum atomic E-state index is -3.75. The molecule has 0 spiro atoms. The summed E-state index contributed by atoms with van der Waals surface area (Å²) < 4.78 is 33.2. The highest BCUT2D eigenvalue weighted by atomic mass is 32.2. The van der Waals surface area contributed by atoms with Crippen molar-refractivity contribution in [2.45, 2.75) is 64.0 Å². The Morgan fingerprint density at radius 1 is 1.25 bits per heavy atom. The molecule has 3 atom stereocenters. The minimum Gasteiger partial charge on any atom is -0.449 e. The topological polar surface area (TPSA) is 107 Å². The Labute approximate surface area is 166 Å². The number of ether oxygens (including phenoxy) is 1. The number of carbonyl (C=O) groups excluding carboxylic acids is 2. The lowest BCUT2D eigenvalue weighted by Crippen LogP contribution is -2.37. The number of nitrogens with zero attached hydrogens (tertiary/aromatic N) is 1. The number of sulfonamides is 1. The molecular formula is C20H28N2O5S. The van der Waals surface area contributed by atoms with Gasteiger partial charge in [0.25, 0.3) is 5.91 Å². The molecule has 1 saturated carbocycles. The fourth-order valence-electron chi connectivity index (χ4n) is 4.89. The fraction of sp³-hybridized carbons (Fsp3) is 0.600. The van der Waals surface area contributed by atoms with Crippen LogP contribution in [0.15, 0.2) is 29.2 Å². The van der Waals surface area contributed by atoms with Crippen LogP contribution < -0.4 is 5.73 Å². The molecule has 3 rings (SSSR count). The molecule has 2 aliphatic rings. The van der Waals surface area contributed by atoms with Gasteiger partial charge in [-0.1, -0.05) is 26.8 Å². The van der Waals surface area contributed by atoms with Gasteiger partial charge in [0, 0.05) is 12.6 Å². The highest BCUT2D eigenvalue weighted by Gasteiger charge is 2.53. The van der Waals surface area contributed by atoms with E-state index in [1.54, 1.807) is 4.31 Å². The minimum absolute atomic E-state index is 0.0348. The van der Waals surface area contributed by atoms with Gasteiger partial charge in [0.2, 0.25) is 10.0 Å². The fourth-order valence-corrected chi connectivity index (χ4v) is 6.72. The second kappa shape index (κ2) is 6.84. The van der Waals surface area contributed by atoms with Crippen LogP contribution >= 0.6 is 0 Å². The lowest BCUT2D eigenvalue weighted by Gasteiger charge is -2.39. The molecule has 1 aliphatic heterocycles. The number of amides is 1. The lowest BCUT2D eigenvalue weighted by atomic mass is 9.65. The number of primary amides is 1. The molecule has 1 aromatic carbocycles. The van der Waals surface area contributed by atoms with E-state index in [4.69, 9.17) is 10.5 Å². The van der Waals surface area contributed by atoms with Crippen LogP contribution in [0.3, 0.4) is 0 Å². The van der Waals surface area contributed by atoms with Crippen LogP contribution in [0, 0.1) is 10.8 Å². The van der Waals surface area contributed by atoms with E-state index in [9.17, 15) is 18.0 Å². The van der Waals surface area contributed by atoms with Gasteiger partial charge in [-0.05, 0) is 55.2 Å². The normalized spacial score (nSPS) is 27.9. The van der Waals surface area contributed by atoms with Crippen LogP contribution in [-0.2, 0) is 19.6 Å². The number of hydrogen-bond acceptors (Lipinski definition) is 5. The summed E-state index contributed by atoms with van der Waals surface area (Å²) in [4.78, 5) is 23.4.